The van der Waals surface area contributed by atoms with Crippen LogP contribution in [0.3, 0.4) is 0 Å². The average Bonchev–Trinajstić information content (AvgIpc) is 2.52. The van der Waals surface area contributed by atoms with Crippen LogP contribution < -0.4 is 5.32 Å². The predicted octanol–water partition coefficient (Wildman–Crippen LogP) is 6.92. The number of nitrogens with one attached hydrogen (secondary N) is 1. The van der Waals surface area contributed by atoms with Gasteiger partial charge in [-0.1, -0.05) is 57.9 Å². The summed E-state index contributed by atoms with van der Waals surface area (Å²) in [6.07, 6.45) is 7.45. The van der Waals surface area contributed by atoms with E-state index in [0.717, 1.165) is 52.4 Å². The van der Waals surface area contributed by atoms with Gasteiger partial charge in [0.15, 0.2) is 0 Å². The highest BCUT2D eigenvalue weighted by Crippen LogP contribution is 2.32. The first-order valence-corrected chi connectivity index (χ1v) is 9.81. The van der Waals surface area contributed by atoms with Gasteiger partial charge < -0.3 is 10.1 Å². The second-order valence-corrected chi connectivity index (χ2v) is 7.37. The molecule has 1 atom stereocenters. The van der Waals surface area contributed by atoms with E-state index in [0.29, 0.717) is 6.42 Å². The monoisotopic (exact) mass is 379 g/mol. The molecule has 0 aromatic rings. The molecule has 0 heterocycles. The highest BCUT2D eigenvalue weighted by molar-refractivity contribution is 5.68. The number of rotatable bonds is 14. The molecule has 0 radical (unpaired) electrons. The van der Waals surface area contributed by atoms with Crippen molar-refractivity contribution >= 4 is 6.09 Å². The fourth-order valence-corrected chi connectivity index (χ4v) is 2.63. The van der Waals surface area contributed by atoms with E-state index in [1.54, 1.807) is 6.08 Å². The summed E-state index contributed by atoms with van der Waals surface area (Å²) in [4.78, 5) is 11.9. The van der Waals surface area contributed by atoms with E-state index in [4.69, 9.17) is 0 Å². The number of alkyl carbamates (subject to hydrolysis) is 1. The van der Waals surface area contributed by atoms with E-state index in [9.17, 15) is 18.0 Å². The maximum atomic E-state index is 12.8. The summed E-state index contributed by atoms with van der Waals surface area (Å²) in [7, 11) is 0. The number of carbonyl (C=O) groups is 1. The standard InChI is InChI=1S/C20H36F3NO2/c1-5-7-9-10-11-12-14-16-17(15-13-8-6-2)24-18(25)26-19(3,4)20(21,22)23/h6,17H,2,5,7-16H2,1,3-4H3,(H,24,25). The highest BCUT2D eigenvalue weighted by Gasteiger charge is 2.51. The lowest BCUT2D eigenvalue weighted by Gasteiger charge is -2.29. The number of hydrogen-bond acceptors (Lipinski definition) is 2. The summed E-state index contributed by atoms with van der Waals surface area (Å²) in [5.74, 6) is 0. The molecule has 0 aliphatic heterocycles. The van der Waals surface area contributed by atoms with E-state index in [-0.39, 0.29) is 6.04 Å². The highest BCUT2D eigenvalue weighted by atomic mass is 19.4. The van der Waals surface area contributed by atoms with Crippen LogP contribution in [0.5, 0.6) is 0 Å². The molecule has 154 valence electrons. The van der Waals surface area contributed by atoms with Crippen LogP contribution in [0.2, 0.25) is 0 Å². The second kappa shape index (κ2) is 13.0. The van der Waals surface area contributed by atoms with Gasteiger partial charge >= 0.3 is 12.3 Å². The Morgan fingerprint density at radius 3 is 2.12 bits per heavy atom. The molecule has 0 aromatic carbocycles. The molecule has 0 spiro atoms. The Balaban J connectivity index is 4.35. The van der Waals surface area contributed by atoms with E-state index in [1.165, 1.54) is 25.7 Å². The molecule has 1 unspecified atom stereocenters. The first-order chi connectivity index (χ1) is 12.1. The third-order valence-electron chi connectivity index (χ3n) is 4.47. The second-order valence-electron chi connectivity index (χ2n) is 7.37. The van der Waals surface area contributed by atoms with Gasteiger partial charge in [-0.2, -0.15) is 13.2 Å². The summed E-state index contributed by atoms with van der Waals surface area (Å²) < 4.78 is 43.1. The van der Waals surface area contributed by atoms with E-state index >= 15 is 0 Å². The Labute approximate surface area is 156 Å². The number of unbranched alkanes of at least 4 members (excludes halogenated alkanes) is 7. The van der Waals surface area contributed by atoms with E-state index in [2.05, 4.69) is 23.6 Å². The lowest BCUT2D eigenvalue weighted by Crippen LogP contribution is -2.47. The van der Waals surface area contributed by atoms with Crippen molar-refractivity contribution in [1.82, 2.24) is 5.32 Å². The first kappa shape index (κ1) is 24.8. The van der Waals surface area contributed by atoms with E-state index < -0.39 is 17.9 Å². The Kier molecular flexibility index (Phi) is 12.4. The maximum Gasteiger partial charge on any atom is 0.427 e. The summed E-state index contributed by atoms with van der Waals surface area (Å²) in [6.45, 7) is 7.56. The fraction of sp³-hybridized carbons (Fsp3) is 0.850. The van der Waals surface area contributed by atoms with E-state index in [1.807, 2.05) is 0 Å². The van der Waals surface area contributed by atoms with Crippen LogP contribution in [0.25, 0.3) is 0 Å². The molecule has 0 aliphatic rings. The van der Waals surface area contributed by atoms with Crippen LogP contribution in [0.4, 0.5) is 18.0 Å². The summed E-state index contributed by atoms with van der Waals surface area (Å²) in [6, 6.07) is -0.165. The molecule has 0 aromatic heterocycles. The van der Waals surface area contributed by atoms with Crippen LogP contribution in [-0.2, 0) is 4.74 Å². The Hall–Kier alpha value is -1.20. The normalized spacial score (nSPS) is 13.3. The average molecular weight is 380 g/mol. The molecule has 0 rings (SSSR count). The summed E-state index contributed by atoms with van der Waals surface area (Å²) >= 11 is 0. The van der Waals surface area contributed by atoms with Crippen molar-refractivity contribution in [2.45, 2.75) is 109 Å². The number of hydrogen-bond donors (Lipinski definition) is 1. The van der Waals surface area contributed by atoms with Gasteiger partial charge in [0.1, 0.15) is 0 Å². The molecule has 26 heavy (non-hydrogen) atoms. The largest absolute Gasteiger partial charge is 0.434 e. The Bertz CT molecular complexity index is 395. The number of alkyl halides is 3. The third kappa shape index (κ3) is 11.4. The van der Waals surface area contributed by atoms with Gasteiger partial charge in [0, 0.05) is 6.04 Å². The van der Waals surface area contributed by atoms with Crippen LogP contribution in [0.15, 0.2) is 12.7 Å². The Morgan fingerprint density at radius 1 is 1.04 bits per heavy atom. The van der Waals surface area contributed by atoms with Crippen molar-refractivity contribution in [2.75, 3.05) is 0 Å². The van der Waals surface area contributed by atoms with Gasteiger partial charge in [-0.25, -0.2) is 4.79 Å². The van der Waals surface area contributed by atoms with Crippen molar-refractivity contribution in [1.29, 1.82) is 0 Å². The van der Waals surface area contributed by atoms with Crippen molar-refractivity contribution < 1.29 is 22.7 Å². The molecule has 0 saturated carbocycles. The first-order valence-electron chi connectivity index (χ1n) is 9.81. The Morgan fingerprint density at radius 2 is 1.58 bits per heavy atom. The molecule has 3 nitrogen and oxygen atoms in total. The lowest BCUT2D eigenvalue weighted by molar-refractivity contribution is -0.244. The zero-order valence-corrected chi connectivity index (χ0v) is 16.6. The minimum absolute atomic E-state index is 0.165. The van der Waals surface area contributed by atoms with Crippen LogP contribution in [0, 0.1) is 0 Å². The SMILES string of the molecule is C=CCCCC(CCCCCCCCC)NC(=O)OC(C)(C)C(F)(F)F. The molecule has 0 bridgehead atoms. The molecule has 0 aliphatic carbocycles. The number of ether oxygens (including phenoxy) is 1. The van der Waals surface area contributed by atoms with Crippen molar-refractivity contribution in [3.63, 3.8) is 0 Å². The molecule has 1 N–H and O–H groups in total. The third-order valence-corrected chi connectivity index (χ3v) is 4.47. The molecular weight excluding hydrogens is 343 g/mol. The number of carbonyl (C=O) groups excluding carboxylic acids is 1. The predicted molar refractivity (Wildman–Crippen MR) is 100 cm³/mol. The topological polar surface area (TPSA) is 38.3 Å². The van der Waals surface area contributed by atoms with Crippen LogP contribution in [-0.4, -0.2) is 23.9 Å². The quantitative estimate of drug-likeness (QED) is 0.263. The van der Waals surface area contributed by atoms with Crippen molar-refractivity contribution in [3.8, 4) is 0 Å². The van der Waals surface area contributed by atoms with Gasteiger partial charge in [-0.05, 0) is 39.5 Å². The minimum Gasteiger partial charge on any atom is -0.434 e. The molecule has 1 amide bonds. The van der Waals surface area contributed by atoms with Gasteiger partial charge in [0.05, 0.1) is 0 Å². The molecule has 0 fully saturated rings. The van der Waals surface area contributed by atoms with Gasteiger partial charge in [0.25, 0.3) is 0 Å². The summed E-state index contributed by atoms with van der Waals surface area (Å²) in [5.41, 5.74) is -2.50. The molecule has 6 heteroatoms. The maximum absolute atomic E-state index is 12.8. The van der Waals surface area contributed by atoms with Gasteiger partial charge in [-0.15, -0.1) is 6.58 Å². The lowest BCUT2D eigenvalue weighted by atomic mass is 10.0. The number of allylic oxidation sites excluding steroid dienone is 1. The fourth-order valence-electron chi connectivity index (χ4n) is 2.63. The van der Waals surface area contributed by atoms with Crippen LogP contribution >= 0.6 is 0 Å². The smallest absolute Gasteiger partial charge is 0.427 e. The van der Waals surface area contributed by atoms with Crippen molar-refractivity contribution in [2.24, 2.45) is 0 Å². The zero-order valence-electron chi connectivity index (χ0n) is 16.6. The summed E-state index contributed by atoms with van der Waals surface area (Å²) in [5, 5.41) is 2.62. The molecular formula is C20H36F3NO2. The minimum atomic E-state index is -4.60. The number of halogens is 3. The van der Waals surface area contributed by atoms with Gasteiger partial charge in [-0.3, -0.25) is 0 Å². The number of amides is 1. The van der Waals surface area contributed by atoms with Crippen molar-refractivity contribution in [3.05, 3.63) is 12.7 Å². The van der Waals surface area contributed by atoms with Gasteiger partial charge in [0.2, 0.25) is 5.60 Å². The molecule has 0 saturated heterocycles. The van der Waals surface area contributed by atoms with Crippen LogP contribution in [0.1, 0.15) is 91.4 Å². The zero-order chi connectivity index (χ0) is 20.1.